The predicted octanol–water partition coefficient (Wildman–Crippen LogP) is 1.78. The van der Waals surface area contributed by atoms with E-state index in [0.29, 0.717) is 6.04 Å². The van der Waals surface area contributed by atoms with Crippen molar-refractivity contribution in [1.29, 1.82) is 0 Å². The van der Waals surface area contributed by atoms with Crippen molar-refractivity contribution in [2.45, 2.75) is 45.1 Å². The molecular weight excluding hydrogens is 190 g/mol. The molecule has 4 heteroatoms. The Kier molecular flexibility index (Phi) is 3.72. The van der Waals surface area contributed by atoms with Crippen molar-refractivity contribution in [2.75, 3.05) is 6.54 Å². The average molecular weight is 209 g/mol. The molecule has 0 unspecified atom stereocenters. The van der Waals surface area contributed by atoms with Crippen molar-refractivity contribution in [1.82, 2.24) is 15.5 Å². The summed E-state index contributed by atoms with van der Waals surface area (Å²) < 4.78 is 4.94. The van der Waals surface area contributed by atoms with Gasteiger partial charge in [-0.25, -0.2) is 0 Å². The Morgan fingerprint density at radius 3 is 2.87 bits per heavy atom. The highest BCUT2D eigenvalue weighted by Crippen LogP contribution is 2.23. The van der Waals surface area contributed by atoms with Crippen LogP contribution in [0.2, 0.25) is 0 Å². The van der Waals surface area contributed by atoms with Gasteiger partial charge in [0.2, 0.25) is 5.89 Å². The van der Waals surface area contributed by atoms with Gasteiger partial charge in [-0.1, -0.05) is 12.1 Å². The number of aromatic nitrogens is 2. The number of hydrogen-bond acceptors (Lipinski definition) is 4. The summed E-state index contributed by atoms with van der Waals surface area (Å²) in [6, 6.07) is 0.698. The zero-order chi connectivity index (χ0) is 10.5. The summed E-state index contributed by atoms with van der Waals surface area (Å²) >= 11 is 0. The van der Waals surface area contributed by atoms with E-state index in [0.717, 1.165) is 24.8 Å². The third kappa shape index (κ3) is 3.30. The highest BCUT2D eigenvalue weighted by atomic mass is 16.5. The van der Waals surface area contributed by atoms with E-state index in [-0.39, 0.29) is 0 Å². The number of nitrogens with one attached hydrogen (secondary N) is 1. The van der Waals surface area contributed by atoms with Gasteiger partial charge in [-0.3, -0.25) is 0 Å². The van der Waals surface area contributed by atoms with Crippen LogP contribution < -0.4 is 5.32 Å². The molecule has 1 saturated carbocycles. The van der Waals surface area contributed by atoms with E-state index in [9.17, 15) is 0 Å². The second-order valence-corrected chi connectivity index (χ2v) is 4.50. The fourth-order valence-electron chi connectivity index (χ4n) is 2.15. The lowest BCUT2D eigenvalue weighted by Gasteiger charge is -2.26. The Labute approximate surface area is 90.4 Å². The third-order valence-electron chi connectivity index (χ3n) is 3.19. The minimum atomic E-state index is 0.698. The van der Waals surface area contributed by atoms with Gasteiger partial charge in [0.25, 0.3) is 0 Å². The van der Waals surface area contributed by atoms with Crippen LogP contribution in [0.3, 0.4) is 0 Å². The molecule has 4 nitrogen and oxygen atoms in total. The summed E-state index contributed by atoms with van der Waals surface area (Å²) in [5.74, 6) is 1.64. The van der Waals surface area contributed by atoms with Crippen molar-refractivity contribution >= 4 is 0 Å². The molecule has 0 radical (unpaired) electrons. The molecule has 0 aromatic carbocycles. The van der Waals surface area contributed by atoms with Gasteiger partial charge >= 0.3 is 0 Å². The predicted molar refractivity (Wildman–Crippen MR) is 57.4 cm³/mol. The van der Waals surface area contributed by atoms with Crippen molar-refractivity contribution < 1.29 is 4.52 Å². The second-order valence-electron chi connectivity index (χ2n) is 4.50. The summed E-state index contributed by atoms with van der Waals surface area (Å²) in [7, 11) is 0. The quantitative estimate of drug-likeness (QED) is 0.821. The monoisotopic (exact) mass is 209 g/mol. The number of rotatable bonds is 4. The van der Waals surface area contributed by atoms with Gasteiger partial charge in [0.15, 0.2) is 6.33 Å². The first-order valence-corrected chi connectivity index (χ1v) is 5.83. The molecule has 0 amide bonds. The highest BCUT2D eigenvalue weighted by Gasteiger charge is 2.17. The third-order valence-corrected chi connectivity index (χ3v) is 3.19. The molecule has 0 spiro atoms. The van der Waals surface area contributed by atoms with E-state index >= 15 is 0 Å². The minimum Gasteiger partial charge on any atom is -0.340 e. The van der Waals surface area contributed by atoms with Crippen LogP contribution in [-0.4, -0.2) is 22.7 Å². The van der Waals surface area contributed by atoms with Crippen molar-refractivity contribution in [3.05, 3.63) is 12.2 Å². The largest absolute Gasteiger partial charge is 0.340 e. The fraction of sp³-hybridized carbons (Fsp3) is 0.818. The maximum absolute atomic E-state index is 4.94. The van der Waals surface area contributed by atoms with Crippen LogP contribution in [0.25, 0.3) is 0 Å². The summed E-state index contributed by atoms with van der Waals surface area (Å²) in [5, 5.41) is 7.14. The van der Waals surface area contributed by atoms with E-state index in [1.807, 2.05) is 0 Å². The Balaban J connectivity index is 1.62. The Morgan fingerprint density at radius 2 is 2.20 bits per heavy atom. The maximum atomic E-state index is 4.94. The molecule has 1 aliphatic carbocycles. The molecule has 84 valence electrons. The lowest BCUT2D eigenvalue weighted by molar-refractivity contribution is 0.303. The zero-order valence-electron chi connectivity index (χ0n) is 9.28. The molecule has 1 heterocycles. The van der Waals surface area contributed by atoms with E-state index in [2.05, 4.69) is 22.4 Å². The standard InChI is InChI=1S/C11H19N3O/c1-9-2-4-10(5-3-9)12-7-6-11-13-8-14-15-11/h8-10,12H,2-7H2,1H3. The van der Waals surface area contributed by atoms with Crippen LogP contribution in [0.15, 0.2) is 10.9 Å². The SMILES string of the molecule is CC1CCC(NCCc2ncno2)CC1. The van der Waals surface area contributed by atoms with Gasteiger partial charge in [0.1, 0.15) is 0 Å². The summed E-state index contributed by atoms with van der Waals surface area (Å²) in [6.45, 7) is 3.29. The highest BCUT2D eigenvalue weighted by molar-refractivity contribution is 4.79. The van der Waals surface area contributed by atoms with Crippen LogP contribution in [0.1, 0.15) is 38.5 Å². The van der Waals surface area contributed by atoms with Crippen LogP contribution in [0, 0.1) is 5.92 Å². The van der Waals surface area contributed by atoms with Crippen molar-refractivity contribution in [3.63, 3.8) is 0 Å². The molecule has 0 atom stereocenters. The van der Waals surface area contributed by atoms with Gasteiger partial charge in [-0.15, -0.1) is 0 Å². The lowest BCUT2D eigenvalue weighted by atomic mass is 9.87. The van der Waals surface area contributed by atoms with Crippen molar-refractivity contribution in [2.24, 2.45) is 5.92 Å². The molecule has 0 saturated heterocycles. The van der Waals surface area contributed by atoms with E-state index in [4.69, 9.17) is 4.52 Å². The van der Waals surface area contributed by atoms with Gasteiger partial charge in [-0.2, -0.15) is 4.98 Å². The smallest absolute Gasteiger partial charge is 0.227 e. The van der Waals surface area contributed by atoms with Crippen LogP contribution in [0.5, 0.6) is 0 Å². The summed E-state index contributed by atoms with van der Waals surface area (Å²) in [5.41, 5.74) is 0. The lowest BCUT2D eigenvalue weighted by Crippen LogP contribution is -2.34. The summed E-state index contributed by atoms with van der Waals surface area (Å²) in [6.07, 6.45) is 7.64. The molecule has 1 aliphatic rings. The van der Waals surface area contributed by atoms with E-state index in [1.54, 1.807) is 0 Å². The van der Waals surface area contributed by atoms with Crippen LogP contribution in [-0.2, 0) is 6.42 Å². The number of nitrogens with zero attached hydrogens (tertiary/aromatic N) is 2. The fourth-order valence-corrected chi connectivity index (χ4v) is 2.15. The first-order chi connectivity index (χ1) is 7.34. The molecular formula is C11H19N3O. The molecule has 0 bridgehead atoms. The average Bonchev–Trinajstić information content (AvgIpc) is 2.74. The Bertz CT molecular complexity index is 265. The minimum absolute atomic E-state index is 0.698. The van der Waals surface area contributed by atoms with Crippen LogP contribution in [0.4, 0.5) is 0 Å². The normalized spacial score (nSPS) is 26.7. The maximum Gasteiger partial charge on any atom is 0.227 e. The molecule has 1 N–H and O–H groups in total. The van der Waals surface area contributed by atoms with E-state index < -0.39 is 0 Å². The van der Waals surface area contributed by atoms with Gasteiger partial charge in [-0.05, 0) is 31.6 Å². The Hall–Kier alpha value is -0.900. The zero-order valence-corrected chi connectivity index (χ0v) is 9.28. The Morgan fingerprint density at radius 1 is 1.40 bits per heavy atom. The topological polar surface area (TPSA) is 51.0 Å². The molecule has 1 aromatic heterocycles. The second kappa shape index (κ2) is 5.26. The van der Waals surface area contributed by atoms with Gasteiger partial charge < -0.3 is 9.84 Å². The van der Waals surface area contributed by atoms with Crippen molar-refractivity contribution in [3.8, 4) is 0 Å². The van der Waals surface area contributed by atoms with Gasteiger partial charge in [0, 0.05) is 19.0 Å². The summed E-state index contributed by atoms with van der Waals surface area (Å²) in [4.78, 5) is 3.99. The first-order valence-electron chi connectivity index (χ1n) is 5.83. The van der Waals surface area contributed by atoms with Crippen LogP contribution >= 0.6 is 0 Å². The van der Waals surface area contributed by atoms with E-state index in [1.165, 1.54) is 32.0 Å². The molecule has 2 rings (SSSR count). The first kappa shape index (κ1) is 10.6. The van der Waals surface area contributed by atoms with Gasteiger partial charge in [0.05, 0.1) is 0 Å². The molecule has 1 aromatic rings. The molecule has 15 heavy (non-hydrogen) atoms. The number of hydrogen-bond donors (Lipinski definition) is 1. The molecule has 0 aliphatic heterocycles. The molecule has 1 fully saturated rings.